The lowest BCUT2D eigenvalue weighted by atomic mass is 9.93. The summed E-state index contributed by atoms with van der Waals surface area (Å²) in [7, 11) is 0. The van der Waals surface area contributed by atoms with E-state index in [0.29, 0.717) is 5.92 Å². The lowest BCUT2D eigenvalue weighted by molar-refractivity contribution is -0.0388. The molecule has 1 N–H and O–H groups in total. The standard InChI is InChI=1S/C10H19NO2/c1-10(11-4-6-13-10)7-9-3-2-5-12-8-9/h9,11H,2-8H2,1H3. The molecule has 76 valence electrons. The number of hydrogen-bond acceptors (Lipinski definition) is 3. The highest BCUT2D eigenvalue weighted by molar-refractivity contribution is 4.81. The van der Waals surface area contributed by atoms with E-state index in [1.807, 2.05) is 0 Å². The minimum absolute atomic E-state index is 0.0780. The lowest BCUT2D eigenvalue weighted by Gasteiger charge is -2.30. The third kappa shape index (κ3) is 2.42. The molecule has 0 bridgehead atoms. The van der Waals surface area contributed by atoms with Crippen LogP contribution in [0, 0.1) is 5.92 Å². The van der Waals surface area contributed by atoms with Gasteiger partial charge in [-0.15, -0.1) is 0 Å². The van der Waals surface area contributed by atoms with Crippen molar-refractivity contribution in [1.29, 1.82) is 0 Å². The molecule has 0 radical (unpaired) electrons. The van der Waals surface area contributed by atoms with Crippen LogP contribution in [0.2, 0.25) is 0 Å². The summed E-state index contributed by atoms with van der Waals surface area (Å²) in [5.74, 6) is 0.685. The second kappa shape index (κ2) is 3.95. The van der Waals surface area contributed by atoms with E-state index in [4.69, 9.17) is 9.47 Å². The molecule has 0 aromatic carbocycles. The summed E-state index contributed by atoms with van der Waals surface area (Å²) in [6.45, 7) is 5.85. The van der Waals surface area contributed by atoms with Gasteiger partial charge in [-0.3, -0.25) is 5.32 Å². The normalized spacial score (nSPS) is 40.8. The number of nitrogens with one attached hydrogen (secondary N) is 1. The van der Waals surface area contributed by atoms with E-state index < -0.39 is 0 Å². The molecule has 0 saturated carbocycles. The number of ether oxygens (including phenoxy) is 2. The van der Waals surface area contributed by atoms with Crippen LogP contribution >= 0.6 is 0 Å². The van der Waals surface area contributed by atoms with Crippen molar-refractivity contribution in [3.8, 4) is 0 Å². The predicted octanol–water partition coefficient (Wildman–Crippen LogP) is 1.14. The second-order valence-corrected chi connectivity index (χ2v) is 4.29. The number of rotatable bonds is 2. The maximum atomic E-state index is 5.68. The summed E-state index contributed by atoms with van der Waals surface area (Å²) in [5, 5.41) is 3.40. The van der Waals surface area contributed by atoms with Crippen LogP contribution < -0.4 is 5.32 Å². The topological polar surface area (TPSA) is 30.5 Å². The summed E-state index contributed by atoms with van der Waals surface area (Å²) in [6.07, 6.45) is 3.59. The Balaban J connectivity index is 1.81. The van der Waals surface area contributed by atoms with Gasteiger partial charge in [-0.1, -0.05) is 0 Å². The molecule has 3 heteroatoms. The molecule has 2 atom stereocenters. The van der Waals surface area contributed by atoms with Crippen molar-refractivity contribution in [2.75, 3.05) is 26.4 Å². The van der Waals surface area contributed by atoms with E-state index in [0.717, 1.165) is 32.8 Å². The van der Waals surface area contributed by atoms with Crippen molar-refractivity contribution in [1.82, 2.24) is 5.32 Å². The Morgan fingerprint density at radius 2 is 2.38 bits per heavy atom. The zero-order valence-corrected chi connectivity index (χ0v) is 8.34. The van der Waals surface area contributed by atoms with E-state index >= 15 is 0 Å². The Labute approximate surface area is 79.8 Å². The molecule has 3 nitrogen and oxygen atoms in total. The highest BCUT2D eigenvalue weighted by Crippen LogP contribution is 2.26. The van der Waals surface area contributed by atoms with E-state index in [-0.39, 0.29) is 5.72 Å². The number of hydrogen-bond donors (Lipinski definition) is 1. The third-order valence-corrected chi connectivity index (χ3v) is 2.95. The monoisotopic (exact) mass is 185 g/mol. The fourth-order valence-corrected chi connectivity index (χ4v) is 2.29. The van der Waals surface area contributed by atoms with Crippen molar-refractivity contribution < 1.29 is 9.47 Å². The fourth-order valence-electron chi connectivity index (χ4n) is 2.29. The molecule has 0 aliphatic carbocycles. The molecule has 2 fully saturated rings. The van der Waals surface area contributed by atoms with Gasteiger partial charge in [0.1, 0.15) is 5.72 Å². The fraction of sp³-hybridized carbons (Fsp3) is 1.00. The predicted molar refractivity (Wildman–Crippen MR) is 50.5 cm³/mol. The third-order valence-electron chi connectivity index (χ3n) is 2.95. The molecule has 0 aromatic heterocycles. The largest absolute Gasteiger partial charge is 0.381 e. The molecule has 13 heavy (non-hydrogen) atoms. The van der Waals surface area contributed by atoms with Gasteiger partial charge in [0.15, 0.2) is 0 Å². The van der Waals surface area contributed by atoms with Crippen molar-refractivity contribution >= 4 is 0 Å². The molecule has 2 heterocycles. The highest BCUT2D eigenvalue weighted by atomic mass is 16.5. The Bertz CT molecular complexity index is 160. The van der Waals surface area contributed by atoms with Gasteiger partial charge in [0.05, 0.1) is 6.61 Å². The van der Waals surface area contributed by atoms with Gasteiger partial charge in [-0.05, 0) is 32.1 Å². The van der Waals surface area contributed by atoms with Gasteiger partial charge in [0.2, 0.25) is 0 Å². The van der Waals surface area contributed by atoms with E-state index in [1.165, 1.54) is 12.8 Å². The summed E-state index contributed by atoms with van der Waals surface area (Å²) < 4.78 is 11.1. The molecule has 2 aliphatic rings. The van der Waals surface area contributed by atoms with Gasteiger partial charge < -0.3 is 9.47 Å². The van der Waals surface area contributed by atoms with Crippen molar-refractivity contribution in [3.05, 3.63) is 0 Å². The van der Waals surface area contributed by atoms with Gasteiger partial charge in [-0.2, -0.15) is 0 Å². The molecule has 0 spiro atoms. The minimum Gasteiger partial charge on any atom is -0.381 e. The maximum Gasteiger partial charge on any atom is 0.116 e. The average molecular weight is 185 g/mol. The van der Waals surface area contributed by atoms with Crippen LogP contribution in [0.3, 0.4) is 0 Å². The minimum atomic E-state index is -0.0780. The van der Waals surface area contributed by atoms with Crippen molar-refractivity contribution in [2.45, 2.75) is 31.9 Å². The molecular weight excluding hydrogens is 166 g/mol. The molecule has 2 unspecified atom stereocenters. The van der Waals surface area contributed by atoms with Gasteiger partial charge in [0.25, 0.3) is 0 Å². The first-order chi connectivity index (χ1) is 6.29. The molecular formula is C10H19NO2. The Morgan fingerprint density at radius 1 is 1.46 bits per heavy atom. The van der Waals surface area contributed by atoms with Crippen LogP contribution in [0.1, 0.15) is 26.2 Å². The van der Waals surface area contributed by atoms with Gasteiger partial charge in [-0.25, -0.2) is 0 Å². The van der Waals surface area contributed by atoms with Gasteiger partial charge >= 0.3 is 0 Å². The average Bonchev–Trinajstić information content (AvgIpc) is 2.54. The molecule has 2 rings (SSSR count). The summed E-state index contributed by atoms with van der Waals surface area (Å²) in [4.78, 5) is 0. The molecule has 2 saturated heterocycles. The van der Waals surface area contributed by atoms with Crippen LogP contribution in [0.15, 0.2) is 0 Å². The molecule has 0 aromatic rings. The zero-order chi connectivity index (χ0) is 9.15. The van der Waals surface area contributed by atoms with Gasteiger partial charge in [0, 0.05) is 19.8 Å². The smallest absolute Gasteiger partial charge is 0.116 e. The molecule has 2 aliphatic heterocycles. The summed E-state index contributed by atoms with van der Waals surface area (Å²) >= 11 is 0. The Hall–Kier alpha value is -0.120. The van der Waals surface area contributed by atoms with Crippen LogP contribution in [0.25, 0.3) is 0 Å². The van der Waals surface area contributed by atoms with Crippen LogP contribution in [-0.2, 0) is 9.47 Å². The van der Waals surface area contributed by atoms with Crippen molar-refractivity contribution in [3.63, 3.8) is 0 Å². The highest BCUT2D eigenvalue weighted by Gasteiger charge is 2.32. The van der Waals surface area contributed by atoms with E-state index in [2.05, 4.69) is 12.2 Å². The summed E-state index contributed by atoms with van der Waals surface area (Å²) in [5.41, 5.74) is -0.0780. The summed E-state index contributed by atoms with van der Waals surface area (Å²) in [6, 6.07) is 0. The first-order valence-electron chi connectivity index (χ1n) is 5.25. The molecule has 0 amide bonds. The Morgan fingerprint density at radius 3 is 3.00 bits per heavy atom. The van der Waals surface area contributed by atoms with Crippen LogP contribution in [-0.4, -0.2) is 32.1 Å². The van der Waals surface area contributed by atoms with E-state index in [9.17, 15) is 0 Å². The Kier molecular flexibility index (Phi) is 2.86. The first-order valence-corrected chi connectivity index (χ1v) is 5.25. The van der Waals surface area contributed by atoms with Crippen LogP contribution in [0.4, 0.5) is 0 Å². The zero-order valence-electron chi connectivity index (χ0n) is 8.34. The lowest BCUT2D eigenvalue weighted by Crippen LogP contribution is -2.41. The first kappa shape index (κ1) is 9.44. The van der Waals surface area contributed by atoms with E-state index in [1.54, 1.807) is 0 Å². The SMILES string of the molecule is CC1(CC2CCCOC2)NCCO1. The van der Waals surface area contributed by atoms with Crippen molar-refractivity contribution in [2.24, 2.45) is 5.92 Å². The second-order valence-electron chi connectivity index (χ2n) is 4.29. The maximum absolute atomic E-state index is 5.68. The van der Waals surface area contributed by atoms with Crippen LogP contribution in [0.5, 0.6) is 0 Å². The quantitative estimate of drug-likeness (QED) is 0.699.